The van der Waals surface area contributed by atoms with Gasteiger partial charge in [-0.1, -0.05) is 42.5 Å². The number of hydrogen-bond acceptors (Lipinski definition) is 5. The zero-order chi connectivity index (χ0) is 27.7. The number of rotatable bonds is 6. The molecule has 2 aromatic heterocycles. The third kappa shape index (κ3) is 4.86. The molecule has 1 fully saturated rings. The third-order valence-electron chi connectivity index (χ3n) is 6.91. The first-order valence-corrected chi connectivity index (χ1v) is 13.3. The van der Waals surface area contributed by atoms with Gasteiger partial charge in [0, 0.05) is 54.3 Å². The summed E-state index contributed by atoms with van der Waals surface area (Å²) in [5, 5.41) is 8.28. The lowest BCUT2D eigenvalue weighted by molar-refractivity contribution is -0.145. The summed E-state index contributed by atoms with van der Waals surface area (Å²) in [6.07, 6.45) is 2.73. The maximum atomic E-state index is 13.4. The fraction of sp³-hybridized carbons (Fsp3) is 0.207. The van der Waals surface area contributed by atoms with E-state index < -0.39 is 5.54 Å². The zero-order valence-electron chi connectivity index (χ0n) is 21.9. The van der Waals surface area contributed by atoms with Crippen molar-refractivity contribution in [3.05, 3.63) is 72.6 Å². The summed E-state index contributed by atoms with van der Waals surface area (Å²) in [6, 6.07) is 19.6. The van der Waals surface area contributed by atoms with Gasteiger partial charge >= 0.3 is 0 Å². The van der Waals surface area contributed by atoms with E-state index >= 15 is 0 Å². The van der Waals surface area contributed by atoms with Crippen LogP contribution in [0.3, 0.4) is 0 Å². The number of anilines is 1. The number of nitrogens with zero attached hydrogens (tertiary/aromatic N) is 4. The Bertz CT molecular complexity index is 1590. The number of carbonyl (C=O) groups excluding carboxylic acids is 2. The lowest BCUT2D eigenvalue weighted by atomic mass is 9.96. The molecule has 39 heavy (non-hydrogen) atoms. The van der Waals surface area contributed by atoms with Crippen LogP contribution in [0, 0.1) is 5.41 Å². The molecule has 198 valence electrons. The number of nitrogens with two attached hydrogens (primary N) is 1. The molecule has 0 spiro atoms. The van der Waals surface area contributed by atoms with Crippen LogP contribution in [-0.4, -0.2) is 57.5 Å². The van der Waals surface area contributed by atoms with Gasteiger partial charge in [-0.05, 0) is 32.0 Å². The van der Waals surface area contributed by atoms with E-state index in [9.17, 15) is 9.59 Å². The van der Waals surface area contributed by atoms with Crippen molar-refractivity contribution in [1.82, 2.24) is 14.9 Å². The fourth-order valence-electron chi connectivity index (χ4n) is 4.92. The standard InChI is InChI=1S/C29H29N7O2S/c1-18(37)36-13-12-35(28(38)29(36,2)3)21-11-7-10-20(14-21)23-15-22(25(34-23)26(31)33-17-30)24-16-32-27(39-24)19-8-5-4-6-9-19/h4-11,14-17,34H,12-13H2,1-3H3,(H3,30,31,33). The van der Waals surface area contributed by atoms with Crippen molar-refractivity contribution < 1.29 is 9.59 Å². The van der Waals surface area contributed by atoms with Crippen molar-refractivity contribution in [3.63, 3.8) is 0 Å². The Morgan fingerprint density at radius 2 is 1.87 bits per heavy atom. The molecule has 9 nitrogen and oxygen atoms in total. The zero-order valence-corrected chi connectivity index (χ0v) is 22.7. The van der Waals surface area contributed by atoms with Crippen molar-refractivity contribution in [2.75, 3.05) is 18.0 Å². The predicted molar refractivity (Wildman–Crippen MR) is 156 cm³/mol. The van der Waals surface area contributed by atoms with Crippen molar-refractivity contribution >= 4 is 41.0 Å². The van der Waals surface area contributed by atoms with Gasteiger partial charge in [-0.25, -0.2) is 9.98 Å². The summed E-state index contributed by atoms with van der Waals surface area (Å²) in [5.41, 5.74) is 10.1. The Labute approximate surface area is 230 Å². The fourth-order valence-corrected chi connectivity index (χ4v) is 5.86. The minimum absolute atomic E-state index is 0.115. The van der Waals surface area contributed by atoms with Gasteiger partial charge in [0.2, 0.25) is 5.91 Å². The number of thiazole rings is 1. The van der Waals surface area contributed by atoms with Crippen molar-refractivity contribution in [2.24, 2.45) is 10.7 Å². The van der Waals surface area contributed by atoms with Gasteiger partial charge in [-0.3, -0.25) is 15.0 Å². The topological polar surface area (TPSA) is 132 Å². The van der Waals surface area contributed by atoms with E-state index in [1.807, 2.05) is 66.9 Å². The molecule has 0 unspecified atom stereocenters. The normalized spacial score (nSPS) is 15.5. The molecule has 0 saturated carbocycles. The largest absolute Gasteiger partial charge is 0.382 e. The quantitative estimate of drug-likeness (QED) is 0.241. The summed E-state index contributed by atoms with van der Waals surface area (Å²) >= 11 is 1.54. The van der Waals surface area contributed by atoms with E-state index in [0.717, 1.165) is 44.3 Å². The first-order valence-electron chi connectivity index (χ1n) is 12.5. The summed E-state index contributed by atoms with van der Waals surface area (Å²) < 4.78 is 0. The van der Waals surface area contributed by atoms with E-state index in [0.29, 0.717) is 18.8 Å². The minimum atomic E-state index is -0.937. The molecule has 2 aromatic carbocycles. The maximum Gasteiger partial charge on any atom is 0.252 e. The molecular weight excluding hydrogens is 510 g/mol. The SMILES string of the molecule is CC(=O)N1CCN(c2cccc(-c3cc(-c4cnc(-c5ccccc5)s4)c(/C(N)=N\C=N)[nH]3)c2)C(=O)C1(C)C. The summed E-state index contributed by atoms with van der Waals surface area (Å²) in [6.45, 7) is 5.92. The number of carbonyl (C=O) groups is 2. The van der Waals surface area contributed by atoms with Crippen LogP contribution in [0.25, 0.3) is 32.3 Å². The second-order valence-electron chi connectivity index (χ2n) is 9.75. The van der Waals surface area contributed by atoms with Crippen LogP contribution in [-0.2, 0) is 9.59 Å². The van der Waals surface area contributed by atoms with Crippen LogP contribution in [0.5, 0.6) is 0 Å². The number of benzene rings is 2. The van der Waals surface area contributed by atoms with Crippen molar-refractivity contribution in [2.45, 2.75) is 26.3 Å². The van der Waals surface area contributed by atoms with Gasteiger partial charge in [0.1, 0.15) is 22.7 Å². The Hall–Kier alpha value is -4.57. The average molecular weight is 540 g/mol. The highest BCUT2D eigenvalue weighted by Gasteiger charge is 2.43. The van der Waals surface area contributed by atoms with Gasteiger partial charge in [-0.2, -0.15) is 0 Å². The Morgan fingerprint density at radius 3 is 2.59 bits per heavy atom. The number of hydrogen-bond donors (Lipinski definition) is 3. The highest BCUT2D eigenvalue weighted by molar-refractivity contribution is 7.18. The van der Waals surface area contributed by atoms with Crippen molar-refractivity contribution in [1.29, 1.82) is 5.41 Å². The van der Waals surface area contributed by atoms with Crippen LogP contribution in [0.1, 0.15) is 26.5 Å². The Kier molecular flexibility index (Phi) is 6.88. The molecule has 10 heteroatoms. The van der Waals surface area contributed by atoms with Crippen LogP contribution in [0.15, 0.2) is 71.9 Å². The highest BCUT2D eigenvalue weighted by atomic mass is 32.1. The maximum absolute atomic E-state index is 13.4. The predicted octanol–water partition coefficient (Wildman–Crippen LogP) is 4.76. The number of amides is 2. The van der Waals surface area contributed by atoms with E-state index in [4.69, 9.17) is 11.1 Å². The van der Waals surface area contributed by atoms with Crippen LogP contribution < -0.4 is 10.6 Å². The van der Waals surface area contributed by atoms with Gasteiger partial charge in [-0.15, -0.1) is 11.3 Å². The smallest absolute Gasteiger partial charge is 0.252 e. The molecule has 4 N–H and O–H groups in total. The molecule has 4 aromatic rings. The number of amidine groups is 1. The number of piperazine rings is 1. The minimum Gasteiger partial charge on any atom is -0.382 e. The van der Waals surface area contributed by atoms with E-state index in [1.165, 1.54) is 6.92 Å². The number of H-pyrrole nitrogens is 1. The van der Waals surface area contributed by atoms with Crippen LogP contribution in [0.2, 0.25) is 0 Å². The van der Waals surface area contributed by atoms with E-state index in [2.05, 4.69) is 15.0 Å². The summed E-state index contributed by atoms with van der Waals surface area (Å²) in [5.74, 6) is -0.0559. The first kappa shape index (κ1) is 26.1. The molecular formula is C29H29N7O2S. The molecule has 0 bridgehead atoms. The van der Waals surface area contributed by atoms with E-state index in [1.54, 1.807) is 35.0 Å². The Balaban J connectivity index is 1.53. The molecule has 1 aliphatic heterocycles. The monoisotopic (exact) mass is 539 g/mol. The number of aliphatic imine (C=N–C) groups is 1. The third-order valence-corrected chi connectivity index (χ3v) is 7.99. The van der Waals surface area contributed by atoms with E-state index in [-0.39, 0.29) is 17.6 Å². The molecule has 3 heterocycles. The number of aromatic amines is 1. The molecule has 0 radical (unpaired) electrons. The summed E-state index contributed by atoms with van der Waals surface area (Å²) in [7, 11) is 0. The first-order chi connectivity index (χ1) is 18.7. The highest BCUT2D eigenvalue weighted by Crippen LogP contribution is 2.37. The summed E-state index contributed by atoms with van der Waals surface area (Å²) in [4.78, 5) is 41.7. The molecule has 0 atom stereocenters. The lowest BCUT2D eigenvalue weighted by Crippen LogP contribution is -2.64. The van der Waals surface area contributed by atoms with Crippen LogP contribution >= 0.6 is 11.3 Å². The molecule has 1 saturated heterocycles. The van der Waals surface area contributed by atoms with Gasteiger partial charge in [0.25, 0.3) is 5.91 Å². The van der Waals surface area contributed by atoms with Crippen molar-refractivity contribution in [3.8, 4) is 32.3 Å². The van der Waals surface area contributed by atoms with Crippen LogP contribution in [0.4, 0.5) is 5.69 Å². The van der Waals surface area contributed by atoms with Gasteiger partial charge in [0.15, 0.2) is 0 Å². The molecule has 5 rings (SSSR count). The number of nitrogens with one attached hydrogen (secondary N) is 2. The molecule has 1 aliphatic rings. The Morgan fingerprint density at radius 1 is 1.13 bits per heavy atom. The van der Waals surface area contributed by atoms with Gasteiger partial charge in [0.05, 0.1) is 10.6 Å². The second-order valence-corrected chi connectivity index (χ2v) is 10.8. The van der Waals surface area contributed by atoms with Gasteiger partial charge < -0.3 is 20.5 Å². The number of aromatic nitrogens is 2. The molecule has 2 amide bonds. The second kappa shape index (κ2) is 10.3. The lowest BCUT2D eigenvalue weighted by Gasteiger charge is -2.45. The average Bonchev–Trinajstić information content (AvgIpc) is 3.59. The molecule has 0 aliphatic carbocycles.